The van der Waals surface area contributed by atoms with Crippen molar-refractivity contribution >= 4 is 40.1 Å². The maximum absolute atomic E-state index is 6.10. The van der Waals surface area contributed by atoms with Crippen LogP contribution in [0.3, 0.4) is 0 Å². The summed E-state index contributed by atoms with van der Waals surface area (Å²) in [5.74, 6) is 0.670. The van der Waals surface area contributed by atoms with Gasteiger partial charge in [-0.3, -0.25) is 0 Å². The Labute approximate surface area is 95.1 Å². The minimum atomic E-state index is 0.664. The fraction of sp³-hybridized carbons (Fsp3) is 0.222. The van der Waals surface area contributed by atoms with Gasteiger partial charge in [0.05, 0.1) is 17.1 Å². The molecule has 0 bridgehead atoms. The SMILES string of the molecule is Clc1c(I)cccc1C1=NCCO1. The lowest BCUT2D eigenvalue weighted by atomic mass is 10.2. The van der Waals surface area contributed by atoms with E-state index in [4.69, 9.17) is 16.3 Å². The second-order valence-corrected chi connectivity index (χ2v) is 4.18. The Bertz CT molecular complexity index is 365. The van der Waals surface area contributed by atoms with Crippen LogP contribution in [-0.2, 0) is 4.74 Å². The van der Waals surface area contributed by atoms with Crippen LogP contribution in [0.5, 0.6) is 0 Å². The smallest absolute Gasteiger partial charge is 0.217 e. The Morgan fingerprint density at radius 3 is 3.00 bits per heavy atom. The van der Waals surface area contributed by atoms with E-state index >= 15 is 0 Å². The molecule has 0 N–H and O–H groups in total. The number of aliphatic imine (C=N–C) groups is 1. The van der Waals surface area contributed by atoms with Crippen LogP contribution in [0.2, 0.25) is 5.02 Å². The molecule has 2 nitrogen and oxygen atoms in total. The highest BCUT2D eigenvalue weighted by Gasteiger charge is 2.14. The van der Waals surface area contributed by atoms with Gasteiger partial charge in [-0.15, -0.1) is 0 Å². The van der Waals surface area contributed by atoms with E-state index in [1.54, 1.807) is 0 Å². The number of hydrogen-bond acceptors (Lipinski definition) is 2. The molecule has 2 rings (SSSR count). The highest BCUT2D eigenvalue weighted by molar-refractivity contribution is 14.1. The quantitative estimate of drug-likeness (QED) is 0.731. The molecule has 0 amide bonds. The molecule has 0 saturated carbocycles. The standard InChI is InChI=1S/C9H7ClINO/c10-8-6(2-1-3-7(8)11)9-12-4-5-13-9/h1-3H,4-5H2. The molecule has 1 aromatic carbocycles. The summed E-state index contributed by atoms with van der Waals surface area (Å²) >= 11 is 8.30. The van der Waals surface area contributed by atoms with Crippen molar-refractivity contribution in [3.05, 3.63) is 32.4 Å². The number of rotatable bonds is 1. The maximum atomic E-state index is 6.10. The molecule has 68 valence electrons. The zero-order valence-electron chi connectivity index (χ0n) is 6.76. The van der Waals surface area contributed by atoms with Crippen LogP contribution in [0.4, 0.5) is 0 Å². The van der Waals surface area contributed by atoms with Crippen LogP contribution in [0.25, 0.3) is 0 Å². The largest absolute Gasteiger partial charge is 0.475 e. The molecule has 1 aromatic rings. The lowest BCUT2D eigenvalue weighted by molar-refractivity contribution is 0.348. The number of nitrogens with zero attached hydrogens (tertiary/aromatic N) is 1. The lowest BCUT2D eigenvalue weighted by Gasteiger charge is -2.04. The summed E-state index contributed by atoms with van der Waals surface area (Å²) in [6.07, 6.45) is 0. The molecule has 0 aromatic heterocycles. The molecule has 0 radical (unpaired) electrons. The number of benzene rings is 1. The monoisotopic (exact) mass is 307 g/mol. The number of ether oxygens (including phenoxy) is 1. The first-order valence-electron chi connectivity index (χ1n) is 3.90. The summed E-state index contributed by atoms with van der Waals surface area (Å²) in [5, 5.41) is 0.726. The average Bonchev–Trinajstić information content (AvgIpc) is 2.62. The van der Waals surface area contributed by atoms with Crippen LogP contribution in [0.1, 0.15) is 5.56 Å². The molecular formula is C9H7ClINO. The molecule has 0 aliphatic carbocycles. The van der Waals surface area contributed by atoms with Crippen LogP contribution < -0.4 is 0 Å². The fourth-order valence-electron chi connectivity index (χ4n) is 1.17. The Balaban J connectivity index is 2.45. The summed E-state index contributed by atoms with van der Waals surface area (Å²) in [7, 11) is 0. The molecule has 0 saturated heterocycles. The van der Waals surface area contributed by atoms with Gasteiger partial charge in [-0.1, -0.05) is 17.7 Å². The molecule has 1 aliphatic rings. The van der Waals surface area contributed by atoms with Gasteiger partial charge in [0.2, 0.25) is 5.90 Å². The van der Waals surface area contributed by atoms with E-state index < -0.39 is 0 Å². The van der Waals surface area contributed by atoms with Gasteiger partial charge < -0.3 is 4.74 Å². The first-order valence-corrected chi connectivity index (χ1v) is 5.36. The van der Waals surface area contributed by atoms with E-state index in [0.29, 0.717) is 12.5 Å². The van der Waals surface area contributed by atoms with Gasteiger partial charge in [-0.25, -0.2) is 4.99 Å². The summed E-state index contributed by atoms with van der Waals surface area (Å²) < 4.78 is 6.36. The third kappa shape index (κ3) is 1.81. The van der Waals surface area contributed by atoms with Gasteiger partial charge >= 0.3 is 0 Å². The molecule has 4 heteroatoms. The summed E-state index contributed by atoms with van der Waals surface area (Å²) in [6.45, 7) is 1.40. The van der Waals surface area contributed by atoms with Gasteiger partial charge in [0.25, 0.3) is 0 Å². The minimum Gasteiger partial charge on any atom is -0.475 e. The van der Waals surface area contributed by atoms with Gasteiger partial charge in [-0.05, 0) is 34.7 Å². The van der Waals surface area contributed by atoms with E-state index in [2.05, 4.69) is 27.6 Å². The Morgan fingerprint density at radius 1 is 1.46 bits per heavy atom. The minimum absolute atomic E-state index is 0.664. The second kappa shape index (κ2) is 3.84. The van der Waals surface area contributed by atoms with E-state index in [9.17, 15) is 0 Å². The van der Waals surface area contributed by atoms with Crippen LogP contribution in [0.15, 0.2) is 23.2 Å². The van der Waals surface area contributed by atoms with Gasteiger partial charge in [0, 0.05) is 3.57 Å². The number of hydrogen-bond donors (Lipinski definition) is 0. The van der Waals surface area contributed by atoms with Crippen molar-refractivity contribution < 1.29 is 4.74 Å². The molecular weight excluding hydrogens is 300 g/mol. The molecule has 1 heterocycles. The lowest BCUT2D eigenvalue weighted by Crippen LogP contribution is -2.02. The normalized spacial score (nSPS) is 15.4. The van der Waals surface area contributed by atoms with Crippen molar-refractivity contribution in [2.45, 2.75) is 0 Å². The van der Waals surface area contributed by atoms with Gasteiger partial charge in [0.1, 0.15) is 6.61 Å². The van der Waals surface area contributed by atoms with Crippen LogP contribution >= 0.6 is 34.2 Å². The van der Waals surface area contributed by atoms with Crippen molar-refractivity contribution in [1.29, 1.82) is 0 Å². The van der Waals surface area contributed by atoms with E-state index in [1.807, 2.05) is 18.2 Å². The highest BCUT2D eigenvalue weighted by Crippen LogP contribution is 2.24. The predicted octanol–water partition coefficient (Wildman–Crippen LogP) is 2.72. The Hall–Kier alpha value is -0.290. The van der Waals surface area contributed by atoms with E-state index in [1.165, 1.54) is 0 Å². The maximum Gasteiger partial charge on any atom is 0.217 e. The molecule has 0 fully saturated rings. The zero-order chi connectivity index (χ0) is 9.26. The third-order valence-electron chi connectivity index (χ3n) is 1.77. The topological polar surface area (TPSA) is 21.6 Å². The molecule has 0 unspecified atom stereocenters. The molecule has 13 heavy (non-hydrogen) atoms. The van der Waals surface area contributed by atoms with Crippen molar-refractivity contribution in [2.24, 2.45) is 4.99 Å². The Kier molecular flexibility index (Phi) is 2.74. The van der Waals surface area contributed by atoms with Crippen molar-refractivity contribution in [3.8, 4) is 0 Å². The summed E-state index contributed by atoms with van der Waals surface area (Å²) in [6, 6.07) is 5.84. The Morgan fingerprint density at radius 2 is 2.31 bits per heavy atom. The van der Waals surface area contributed by atoms with Gasteiger partial charge in [0.15, 0.2) is 0 Å². The fourth-order valence-corrected chi connectivity index (χ4v) is 1.87. The zero-order valence-corrected chi connectivity index (χ0v) is 9.67. The molecule has 1 aliphatic heterocycles. The predicted molar refractivity (Wildman–Crippen MR) is 61.5 cm³/mol. The molecule has 0 spiro atoms. The first kappa shape index (κ1) is 9.27. The van der Waals surface area contributed by atoms with Gasteiger partial charge in [-0.2, -0.15) is 0 Å². The third-order valence-corrected chi connectivity index (χ3v) is 3.39. The summed E-state index contributed by atoms with van der Waals surface area (Å²) in [4.78, 5) is 4.21. The van der Waals surface area contributed by atoms with Crippen molar-refractivity contribution in [3.63, 3.8) is 0 Å². The van der Waals surface area contributed by atoms with Crippen LogP contribution in [0, 0.1) is 3.57 Å². The second-order valence-electron chi connectivity index (χ2n) is 2.64. The average molecular weight is 308 g/mol. The summed E-state index contributed by atoms with van der Waals surface area (Å²) in [5.41, 5.74) is 0.895. The highest BCUT2D eigenvalue weighted by atomic mass is 127. The molecule has 0 atom stereocenters. The van der Waals surface area contributed by atoms with E-state index in [-0.39, 0.29) is 0 Å². The van der Waals surface area contributed by atoms with E-state index in [0.717, 1.165) is 20.7 Å². The first-order chi connectivity index (χ1) is 6.29. The van der Waals surface area contributed by atoms with Crippen molar-refractivity contribution in [2.75, 3.05) is 13.2 Å². The van der Waals surface area contributed by atoms with Crippen LogP contribution in [-0.4, -0.2) is 19.0 Å². The number of halogens is 2. The van der Waals surface area contributed by atoms with Crippen molar-refractivity contribution in [1.82, 2.24) is 0 Å².